The van der Waals surface area contributed by atoms with Crippen LogP contribution in [-0.4, -0.2) is 35.1 Å². The molecule has 0 aliphatic carbocycles. The third-order valence-electron chi connectivity index (χ3n) is 4.14. The molecule has 0 radical (unpaired) electrons. The lowest BCUT2D eigenvalue weighted by atomic mass is 10.1. The first-order valence-electron chi connectivity index (χ1n) is 6.58. The highest BCUT2D eigenvalue weighted by molar-refractivity contribution is 6.03. The summed E-state index contributed by atoms with van der Waals surface area (Å²) in [7, 11) is 3.62. The molecule has 1 atom stereocenters. The maximum absolute atomic E-state index is 12.5. The fourth-order valence-electron chi connectivity index (χ4n) is 2.83. The first-order chi connectivity index (χ1) is 9.40. The molecule has 0 aromatic carbocycles. The standard InChI is InChI=1S/C14H18N4O2/c1-8-5-10(6-16(3)13(8)19)18-7-11-9(2)17(4)15-12(11)14(18)20/h5-6,12,15H,7H2,1-4H3. The van der Waals surface area contributed by atoms with Gasteiger partial charge in [0.25, 0.3) is 11.5 Å². The van der Waals surface area contributed by atoms with Crippen molar-refractivity contribution in [2.45, 2.75) is 19.9 Å². The van der Waals surface area contributed by atoms with E-state index in [2.05, 4.69) is 5.43 Å². The molecule has 1 unspecified atom stereocenters. The summed E-state index contributed by atoms with van der Waals surface area (Å²) in [5.41, 5.74) is 6.73. The van der Waals surface area contributed by atoms with Crippen LogP contribution in [0.5, 0.6) is 0 Å². The van der Waals surface area contributed by atoms with Gasteiger partial charge >= 0.3 is 0 Å². The molecule has 1 saturated heterocycles. The van der Waals surface area contributed by atoms with Gasteiger partial charge in [0.1, 0.15) is 6.04 Å². The molecule has 1 fully saturated rings. The van der Waals surface area contributed by atoms with E-state index in [1.807, 2.05) is 19.0 Å². The van der Waals surface area contributed by atoms with Gasteiger partial charge < -0.3 is 14.5 Å². The Bertz CT molecular complexity index is 663. The first-order valence-corrected chi connectivity index (χ1v) is 6.58. The van der Waals surface area contributed by atoms with Crippen molar-refractivity contribution in [1.29, 1.82) is 0 Å². The number of rotatable bonds is 1. The Labute approximate surface area is 117 Å². The highest BCUT2D eigenvalue weighted by Gasteiger charge is 2.42. The lowest BCUT2D eigenvalue weighted by Gasteiger charge is -2.21. The van der Waals surface area contributed by atoms with Crippen LogP contribution in [0.4, 0.5) is 5.69 Å². The Morgan fingerprint density at radius 3 is 2.55 bits per heavy atom. The number of carbonyl (C=O) groups excluding carboxylic acids is 1. The van der Waals surface area contributed by atoms with Gasteiger partial charge in [-0.3, -0.25) is 9.59 Å². The third-order valence-corrected chi connectivity index (χ3v) is 4.14. The maximum Gasteiger partial charge on any atom is 0.253 e. The molecular weight excluding hydrogens is 256 g/mol. The van der Waals surface area contributed by atoms with Crippen LogP contribution in [0.15, 0.2) is 28.3 Å². The van der Waals surface area contributed by atoms with E-state index < -0.39 is 0 Å². The molecule has 6 nitrogen and oxygen atoms in total. The predicted molar refractivity (Wildman–Crippen MR) is 76.2 cm³/mol. The van der Waals surface area contributed by atoms with Gasteiger partial charge in [-0.15, -0.1) is 0 Å². The molecule has 106 valence electrons. The SMILES string of the molecule is CC1=C2CN(c3cc(C)c(=O)n(C)c3)C(=O)C2NN1C. The second-order valence-electron chi connectivity index (χ2n) is 5.45. The van der Waals surface area contributed by atoms with E-state index in [1.165, 1.54) is 4.57 Å². The van der Waals surface area contributed by atoms with Crippen molar-refractivity contribution in [2.24, 2.45) is 7.05 Å². The van der Waals surface area contributed by atoms with Gasteiger partial charge in [0.2, 0.25) is 0 Å². The minimum atomic E-state index is -0.266. The van der Waals surface area contributed by atoms with Crippen LogP contribution < -0.4 is 15.9 Å². The van der Waals surface area contributed by atoms with Crippen LogP contribution in [0, 0.1) is 6.92 Å². The molecule has 0 saturated carbocycles. The van der Waals surface area contributed by atoms with Crippen molar-refractivity contribution in [3.05, 3.63) is 39.5 Å². The number of carbonyl (C=O) groups is 1. The largest absolute Gasteiger partial charge is 0.316 e. The van der Waals surface area contributed by atoms with E-state index in [4.69, 9.17) is 0 Å². The Morgan fingerprint density at radius 1 is 1.25 bits per heavy atom. The molecule has 0 spiro atoms. The van der Waals surface area contributed by atoms with Crippen molar-refractivity contribution in [3.63, 3.8) is 0 Å². The zero-order chi connectivity index (χ0) is 14.6. The molecule has 0 bridgehead atoms. The van der Waals surface area contributed by atoms with Crippen molar-refractivity contribution < 1.29 is 4.79 Å². The summed E-state index contributed by atoms with van der Waals surface area (Å²) in [6.07, 6.45) is 1.72. The molecule has 3 heterocycles. The number of aromatic nitrogens is 1. The first kappa shape index (κ1) is 12.9. The molecule has 1 aromatic rings. The van der Waals surface area contributed by atoms with Gasteiger partial charge in [-0.1, -0.05) is 0 Å². The number of hydrazine groups is 1. The average Bonchev–Trinajstić information content (AvgIpc) is 2.86. The Hall–Kier alpha value is -2.08. The van der Waals surface area contributed by atoms with Crippen LogP contribution in [0.25, 0.3) is 0 Å². The van der Waals surface area contributed by atoms with Crippen molar-refractivity contribution in [2.75, 3.05) is 18.5 Å². The molecule has 20 heavy (non-hydrogen) atoms. The predicted octanol–water partition coefficient (Wildman–Crippen LogP) is 0.133. The Balaban J connectivity index is 2.02. The van der Waals surface area contributed by atoms with E-state index in [-0.39, 0.29) is 17.5 Å². The number of allylic oxidation sites excluding steroid dienone is 1. The average molecular weight is 274 g/mol. The molecule has 2 aliphatic rings. The summed E-state index contributed by atoms with van der Waals surface area (Å²) in [5.74, 6) is 0.0294. The maximum atomic E-state index is 12.5. The van der Waals surface area contributed by atoms with Crippen molar-refractivity contribution >= 4 is 11.6 Å². The second-order valence-corrected chi connectivity index (χ2v) is 5.45. The topological polar surface area (TPSA) is 57.6 Å². The van der Waals surface area contributed by atoms with Crippen molar-refractivity contribution in [1.82, 2.24) is 15.0 Å². The molecule has 1 amide bonds. The number of pyridine rings is 1. The fourth-order valence-corrected chi connectivity index (χ4v) is 2.83. The van der Waals surface area contributed by atoms with Gasteiger partial charge in [-0.2, -0.15) is 0 Å². The van der Waals surface area contributed by atoms with Crippen LogP contribution in [-0.2, 0) is 11.8 Å². The zero-order valence-corrected chi connectivity index (χ0v) is 12.1. The van der Waals surface area contributed by atoms with E-state index in [9.17, 15) is 9.59 Å². The summed E-state index contributed by atoms with van der Waals surface area (Å²) >= 11 is 0. The number of anilines is 1. The van der Waals surface area contributed by atoms with E-state index >= 15 is 0 Å². The molecule has 1 N–H and O–H groups in total. The normalized spacial score (nSPS) is 22.0. The van der Waals surface area contributed by atoms with Crippen molar-refractivity contribution in [3.8, 4) is 0 Å². The van der Waals surface area contributed by atoms with Gasteiger partial charge in [0.05, 0.1) is 12.2 Å². The van der Waals surface area contributed by atoms with E-state index in [1.54, 1.807) is 31.1 Å². The summed E-state index contributed by atoms with van der Waals surface area (Å²) in [6, 6.07) is 1.51. The Morgan fingerprint density at radius 2 is 1.95 bits per heavy atom. The lowest BCUT2D eigenvalue weighted by Crippen LogP contribution is -2.42. The number of hydrogen-bond acceptors (Lipinski definition) is 4. The number of fused-ring (bicyclic) bond motifs is 1. The summed E-state index contributed by atoms with van der Waals surface area (Å²) in [6.45, 7) is 4.35. The molecular formula is C14H18N4O2. The third kappa shape index (κ3) is 1.68. The molecule has 6 heteroatoms. The summed E-state index contributed by atoms with van der Waals surface area (Å²) in [4.78, 5) is 26.0. The smallest absolute Gasteiger partial charge is 0.253 e. The quantitative estimate of drug-likeness (QED) is 0.791. The zero-order valence-electron chi connectivity index (χ0n) is 12.1. The number of nitrogens with zero attached hydrogens (tertiary/aromatic N) is 3. The van der Waals surface area contributed by atoms with Gasteiger partial charge in [0.15, 0.2) is 0 Å². The van der Waals surface area contributed by atoms with Crippen LogP contribution in [0.1, 0.15) is 12.5 Å². The van der Waals surface area contributed by atoms with Crippen LogP contribution in [0.3, 0.4) is 0 Å². The van der Waals surface area contributed by atoms with Crippen LogP contribution in [0.2, 0.25) is 0 Å². The number of nitrogens with one attached hydrogen (secondary N) is 1. The lowest BCUT2D eigenvalue weighted by molar-refractivity contribution is -0.118. The van der Waals surface area contributed by atoms with Gasteiger partial charge in [0, 0.05) is 31.6 Å². The number of amides is 1. The van der Waals surface area contributed by atoms with Gasteiger partial charge in [-0.25, -0.2) is 5.43 Å². The van der Waals surface area contributed by atoms with E-state index in [0.29, 0.717) is 12.1 Å². The highest BCUT2D eigenvalue weighted by Crippen LogP contribution is 2.30. The summed E-state index contributed by atoms with van der Waals surface area (Å²) in [5, 5.41) is 1.89. The minimum Gasteiger partial charge on any atom is -0.316 e. The summed E-state index contributed by atoms with van der Waals surface area (Å²) < 4.78 is 1.52. The fraction of sp³-hybridized carbons (Fsp3) is 0.429. The molecule has 2 aliphatic heterocycles. The number of hydrogen-bond donors (Lipinski definition) is 1. The minimum absolute atomic E-state index is 0.0294. The van der Waals surface area contributed by atoms with Gasteiger partial charge in [-0.05, 0) is 25.5 Å². The van der Waals surface area contributed by atoms with Crippen LogP contribution >= 0.6 is 0 Å². The monoisotopic (exact) mass is 274 g/mol. The Kier molecular flexibility index (Phi) is 2.72. The second kappa shape index (κ2) is 4.21. The number of aryl methyl sites for hydroxylation is 2. The molecule has 1 aromatic heterocycles. The van der Waals surface area contributed by atoms with E-state index in [0.717, 1.165) is 17.0 Å². The molecule has 3 rings (SSSR count). The highest BCUT2D eigenvalue weighted by atomic mass is 16.2.